The van der Waals surface area contributed by atoms with Crippen molar-refractivity contribution in [2.75, 3.05) is 32.5 Å². The number of aliphatic carboxylic acids is 1. The van der Waals surface area contributed by atoms with Crippen molar-refractivity contribution in [3.63, 3.8) is 0 Å². The van der Waals surface area contributed by atoms with Crippen LogP contribution < -0.4 is 5.32 Å². The number of nitrogens with zero attached hydrogens (tertiary/aromatic N) is 4. The number of hydrogen-bond acceptors (Lipinski definition) is 4. The minimum Gasteiger partial charge on any atom is -0.480 e. The summed E-state index contributed by atoms with van der Waals surface area (Å²) in [5, 5.41) is 15.4. The van der Waals surface area contributed by atoms with Crippen molar-refractivity contribution in [2.24, 2.45) is 0 Å². The highest BCUT2D eigenvalue weighted by atomic mass is 16.4. The highest BCUT2D eigenvalue weighted by molar-refractivity contribution is 5.89. The van der Waals surface area contributed by atoms with Gasteiger partial charge in [0.25, 0.3) is 0 Å². The minimum absolute atomic E-state index is 0.158. The third-order valence-corrected chi connectivity index (χ3v) is 3.40. The predicted molar refractivity (Wildman–Crippen MR) is 77.2 cm³/mol. The average Bonchev–Trinajstić information content (AvgIpc) is 2.97. The third-order valence-electron chi connectivity index (χ3n) is 3.40. The summed E-state index contributed by atoms with van der Waals surface area (Å²) in [6.07, 6.45) is 4.98. The van der Waals surface area contributed by atoms with E-state index < -0.39 is 5.97 Å². The summed E-state index contributed by atoms with van der Waals surface area (Å²) in [4.78, 5) is 26.8. The lowest BCUT2D eigenvalue weighted by Crippen LogP contribution is -2.43. The lowest BCUT2D eigenvalue weighted by atomic mass is 10.2. The summed E-state index contributed by atoms with van der Waals surface area (Å²) in [7, 11) is 3.98. The van der Waals surface area contributed by atoms with Crippen molar-refractivity contribution in [3.8, 4) is 0 Å². The Labute approximate surface area is 123 Å². The van der Waals surface area contributed by atoms with Crippen LogP contribution in [0.1, 0.15) is 12.8 Å². The number of rotatable bonds is 5. The van der Waals surface area contributed by atoms with Gasteiger partial charge in [-0.05, 0) is 26.9 Å². The highest BCUT2D eigenvalue weighted by Crippen LogP contribution is 2.19. The van der Waals surface area contributed by atoms with Gasteiger partial charge < -0.3 is 20.2 Å². The van der Waals surface area contributed by atoms with E-state index in [1.807, 2.05) is 19.0 Å². The van der Waals surface area contributed by atoms with Crippen molar-refractivity contribution in [3.05, 3.63) is 12.4 Å². The normalized spacial score (nSPS) is 18.2. The van der Waals surface area contributed by atoms with Gasteiger partial charge in [-0.25, -0.2) is 4.79 Å². The number of carboxylic acid groups (broad SMARTS) is 1. The molecule has 1 aliphatic rings. The van der Waals surface area contributed by atoms with Gasteiger partial charge in [-0.2, -0.15) is 5.10 Å². The number of hydrogen-bond donors (Lipinski definition) is 2. The molecule has 2 heterocycles. The molecular weight excluding hydrogens is 274 g/mol. The molecule has 1 aromatic rings. The van der Waals surface area contributed by atoms with Crippen LogP contribution in [0.15, 0.2) is 12.4 Å². The molecule has 8 nitrogen and oxygen atoms in total. The Kier molecular flexibility index (Phi) is 4.79. The SMILES string of the molecule is CN(C)CC1CCCN1C(=O)Nc1cnn(CC(=O)O)c1. The summed E-state index contributed by atoms with van der Waals surface area (Å²) >= 11 is 0. The van der Waals surface area contributed by atoms with Crippen LogP contribution in [0.5, 0.6) is 0 Å². The maximum absolute atomic E-state index is 12.3. The van der Waals surface area contributed by atoms with Crippen LogP contribution in [0.4, 0.5) is 10.5 Å². The highest BCUT2D eigenvalue weighted by Gasteiger charge is 2.29. The lowest BCUT2D eigenvalue weighted by Gasteiger charge is -2.27. The Balaban J connectivity index is 1.94. The monoisotopic (exact) mass is 295 g/mol. The van der Waals surface area contributed by atoms with Crippen LogP contribution in [-0.4, -0.2) is 69.9 Å². The molecule has 116 valence electrons. The van der Waals surface area contributed by atoms with E-state index in [4.69, 9.17) is 5.11 Å². The minimum atomic E-state index is -0.971. The zero-order valence-corrected chi connectivity index (χ0v) is 12.3. The zero-order valence-electron chi connectivity index (χ0n) is 12.3. The number of nitrogens with one attached hydrogen (secondary N) is 1. The van der Waals surface area contributed by atoms with Gasteiger partial charge in [-0.1, -0.05) is 0 Å². The first-order valence-corrected chi connectivity index (χ1v) is 6.92. The van der Waals surface area contributed by atoms with Crippen LogP contribution >= 0.6 is 0 Å². The van der Waals surface area contributed by atoms with Crippen LogP contribution in [0, 0.1) is 0 Å². The van der Waals surface area contributed by atoms with Gasteiger partial charge in [0, 0.05) is 25.3 Å². The molecule has 2 N–H and O–H groups in total. The molecule has 1 saturated heterocycles. The molecule has 0 radical (unpaired) electrons. The first kappa shape index (κ1) is 15.3. The molecule has 0 bridgehead atoms. The van der Waals surface area contributed by atoms with E-state index in [-0.39, 0.29) is 18.6 Å². The number of carboxylic acids is 1. The van der Waals surface area contributed by atoms with Crippen molar-refractivity contribution in [2.45, 2.75) is 25.4 Å². The number of likely N-dealkylation sites (tertiary alicyclic amines) is 1. The van der Waals surface area contributed by atoms with Gasteiger partial charge >= 0.3 is 12.0 Å². The second-order valence-electron chi connectivity index (χ2n) is 5.50. The van der Waals surface area contributed by atoms with Crippen molar-refractivity contribution in [1.29, 1.82) is 0 Å². The molecule has 1 unspecified atom stereocenters. The Morgan fingerprint density at radius 1 is 1.52 bits per heavy atom. The number of carbonyl (C=O) groups is 2. The van der Waals surface area contributed by atoms with Gasteiger partial charge in [0.05, 0.1) is 11.9 Å². The molecule has 1 fully saturated rings. The van der Waals surface area contributed by atoms with Crippen LogP contribution in [0.3, 0.4) is 0 Å². The summed E-state index contributed by atoms with van der Waals surface area (Å²) in [5.74, 6) is -0.971. The molecule has 0 spiro atoms. The third kappa shape index (κ3) is 4.19. The van der Waals surface area contributed by atoms with E-state index in [1.54, 1.807) is 0 Å². The molecule has 21 heavy (non-hydrogen) atoms. The molecule has 2 amide bonds. The molecular formula is C13H21N5O3. The van der Waals surface area contributed by atoms with E-state index in [0.717, 1.165) is 25.9 Å². The standard InChI is InChI=1S/C13H21N5O3/c1-16(2)8-11-4-3-5-18(11)13(21)15-10-6-14-17(7-10)9-12(19)20/h6-7,11H,3-5,8-9H2,1-2H3,(H,15,21)(H,19,20). The number of aromatic nitrogens is 2. The van der Waals surface area contributed by atoms with Crippen molar-refractivity contribution >= 4 is 17.7 Å². The molecule has 8 heteroatoms. The van der Waals surface area contributed by atoms with Gasteiger partial charge in [0.1, 0.15) is 6.54 Å². The van der Waals surface area contributed by atoms with Crippen LogP contribution in [-0.2, 0) is 11.3 Å². The number of amides is 2. The fourth-order valence-electron chi connectivity index (χ4n) is 2.56. The number of carbonyl (C=O) groups excluding carboxylic acids is 1. The second kappa shape index (κ2) is 6.57. The molecule has 1 aromatic heterocycles. The molecule has 2 rings (SSSR count). The molecule has 0 aliphatic carbocycles. The van der Waals surface area contributed by atoms with Crippen molar-refractivity contribution < 1.29 is 14.7 Å². The van der Waals surface area contributed by atoms with E-state index in [1.165, 1.54) is 17.1 Å². The zero-order chi connectivity index (χ0) is 15.4. The lowest BCUT2D eigenvalue weighted by molar-refractivity contribution is -0.137. The van der Waals surface area contributed by atoms with Crippen LogP contribution in [0.25, 0.3) is 0 Å². The van der Waals surface area contributed by atoms with E-state index in [2.05, 4.69) is 15.3 Å². The summed E-state index contributed by atoms with van der Waals surface area (Å²) < 4.78 is 1.28. The Morgan fingerprint density at radius 2 is 2.29 bits per heavy atom. The Hall–Kier alpha value is -2.09. The summed E-state index contributed by atoms with van der Waals surface area (Å²) in [6.45, 7) is 1.36. The van der Waals surface area contributed by atoms with Gasteiger partial charge in [-0.15, -0.1) is 0 Å². The Morgan fingerprint density at radius 3 is 2.95 bits per heavy atom. The molecule has 1 aliphatic heterocycles. The first-order valence-electron chi connectivity index (χ1n) is 6.92. The fraction of sp³-hybridized carbons (Fsp3) is 0.615. The first-order chi connectivity index (χ1) is 9.95. The molecule has 1 atom stereocenters. The van der Waals surface area contributed by atoms with Crippen molar-refractivity contribution in [1.82, 2.24) is 19.6 Å². The van der Waals surface area contributed by atoms with Gasteiger partial charge in [-0.3, -0.25) is 9.48 Å². The maximum Gasteiger partial charge on any atom is 0.325 e. The Bertz CT molecular complexity index is 514. The molecule has 0 aromatic carbocycles. The van der Waals surface area contributed by atoms with E-state index in [0.29, 0.717) is 5.69 Å². The number of urea groups is 1. The topological polar surface area (TPSA) is 90.7 Å². The smallest absolute Gasteiger partial charge is 0.325 e. The fourth-order valence-corrected chi connectivity index (χ4v) is 2.56. The number of anilines is 1. The van der Waals surface area contributed by atoms with Gasteiger partial charge in [0.2, 0.25) is 0 Å². The second-order valence-corrected chi connectivity index (χ2v) is 5.50. The predicted octanol–water partition coefficient (Wildman–Crippen LogP) is 0.526. The summed E-state index contributed by atoms with van der Waals surface area (Å²) in [5.41, 5.74) is 0.511. The van der Waals surface area contributed by atoms with Crippen LogP contribution in [0.2, 0.25) is 0 Å². The van der Waals surface area contributed by atoms with E-state index in [9.17, 15) is 9.59 Å². The quantitative estimate of drug-likeness (QED) is 0.826. The van der Waals surface area contributed by atoms with E-state index >= 15 is 0 Å². The summed E-state index contributed by atoms with van der Waals surface area (Å²) in [6, 6.07) is 0.0586. The maximum atomic E-state index is 12.3. The molecule has 0 saturated carbocycles. The largest absolute Gasteiger partial charge is 0.480 e. The average molecular weight is 295 g/mol. The number of likely N-dealkylation sites (N-methyl/N-ethyl adjacent to an activating group) is 1. The van der Waals surface area contributed by atoms with Gasteiger partial charge in [0.15, 0.2) is 0 Å².